The van der Waals surface area contributed by atoms with Crippen LogP contribution in [-0.4, -0.2) is 24.0 Å². The van der Waals surface area contributed by atoms with Gasteiger partial charge in [0, 0.05) is 19.1 Å². The fourth-order valence-corrected chi connectivity index (χ4v) is 3.67. The van der Waals surface area contributed by atoms with E-state index < -0.39 is 0 Å². The number of benzene rings is 2. The van der Waals surface area contributed by atoms with Crippen LogP contribution in [-0.2, 0) is 19.5 Å². The molecule has 1 N–H and O–H groups in total. The lowest BCUT2D eigenvalue weighted by Crippen LogP contribution is -2.41. The van der Waals surface area contributed by atoms with Crippen molar-refractivity contribution in [1.29, 1.82) is 0 Å². The highest BCUT2D eigenvalue weighted by molar-refractivity contribution is 6.42. The Morgan fingerprint density at radius 2 is 1.56 bits per heavy atom. The van der Waals surface area contributed by atoms with Crippen LogP contribution in [0.15, 0.2) is 42.5 Å². The summed E-state index contributed by atoms with van der Waals surface area (Å²) in [6.45, 7) is 6.34. The monoisotopic (exact) mass is 376 g/mol. The van der Waals surface area contributed by atoms with E-state index in [9.17, 15) is 0 Å². The lowest BCUT2D eigenvalue weighted by molar-refractivity contribution is 0.190. The molecule has 2 nitrogen and oxygen atoms in total. The number of hydrogen-bond acceptors (Lipinski definition) is 2. The summed E-state index contributed by atoms with van der Waals surface area (Å²) in [7, 11) is 0. The lowest BCUT2D eigenvalue weighted by atomic mass is 10.0. The topological polar surface area (TPSA) is 15.3 Å². The van der Waals surface area contributed by atoms with Crippen LogP contribution in [0, 0.1) is 0 Å². The zero-order valence-corrected chi connectivity index (χ0v) is 16.3. The third-order valence-corrected chi connectivity index (χ3v) is 5.74. The van der Waals surface area contributed by atoms with E-state index in [1.165, 1.54) is 29.5 Å². The second-order valence-electron chi connectivity index (χ2n) is 6.85. The summed E-state index contributed by atoms with van der Waals surface area (Å²) in [5.74, 6) is 0. The standard InChI is InChI=1S/C21H26Cl2N2/c1-2-16-3-5-17(6-4-16)14-24-19-9-11-25(12-10-19)15-18-7-8-20(22)21(23)13-18/h3-8,13,19,24H,2,9-12,14-15H2,1H3. The number of likely N-dealkylation sites (tertiary alicyclic amines) is 1. The molecule has 0 amide bonds. The normalized spacial score (nSPS) is 16.3. The largest absolute Gasteiger partial charge is 0.310 e. The maximum Gasteiger partial charge on any atom is 0.0595 e. The predicted octanol–water partition coefficient (Wildman–Crippen LogP) is 5.31. The van der Waals surface area contributed by atoms with Crippen molar-refractivity contribution < 1.29 is 0 Å². The zero-order valence-electron chi connectivity index (χ0n) is 14.8. The number of rotatable bonds is 6. The van der Waals surface area contributed by atoms with Crippen LogP contribution in [0.25, 0.3) is 0 Å². The summed E-state index contributed by atoms with van der Waals surface area (Å²) in [6, 6.07) is 15.5. The first-order valence-electron chi connectivity index (χ1n) is 9.11. The SMILES string of the molecule is CCc1ccc(CNC2CCN(Cc3ccc(Cl)c(Cl)c3)CC2)cc1. The summed E-state index contributed by atoms with van der Waals surface area (Å²) in [5, 5.41) is 4.98. The quantitative estimate of drug-likeness (QED) is 0.734. The zero-order chi connectivity index (χ0) is 17.6. The molecule has 1 aliphatic heterocycles. The molecule has 2 aromatic rings. The van der Waals surface area contributed by atoms with Crippen molar-refractivity contribution >= 4 is 23.2 Å². The maximum atomic E-state index is 6.11. The highest BCUT2D eigenvalue weighted by Crippen LogP contribution is 2.24. The van der Waals surface area contributed by atoms with E-state index in [0.29, 0.717) is 16.1 Å². The molecule has 0 aliphatic carbocycles. The van der Waals surface area contributed by atoms with Crippen molar-refractivity contribution in [2.24, 2.45) is 0 Å². The van der Waals surface area contributed by atoms with E-state index in [4.69, 9.17) is 23.2 Å². The second-order valence-corrected chi connectivity index (χ2v) is 7.66. The average Bonchev–Trinajstić information content (AvgIpc) is 2.64. The number of piperidine rings is 1. The van der Waals surface area contributed by atoms with Gasteiger partial charge in [0.15, 0.2) is 0 Å². The summed E-state index contributed by atoms with van der Waals surface area (Å²) in [4.78, 5) is 2.49. The summed E-state index contributed by atoms with van der Waals surface area (Å²) in [5.41, 5.74) is 4.01. The van der Waals surface area contributed by atoms with Gasteiger partial charge < -0.3 is 5.32 Å². The Bertz CT molecular complexity index is 677. The van der Waals surface area contributed by atoms with Crippen LogP contribution in [0.5, 0.6) is 0 Å². The molecule has 0 atom stereocenters. The molecule has 0 radical (unpaired) electrons. The minimum Gasteiger partial charge on any atom is -0.310 e. The van der Waals surface area contributed by atoms with Crippen molar-refractivity contribution in [1.82, 2.24) is 10.2 Å². The van der Waals surface area contributed by atoms with Gasteiger partial charge in [0.25, 0.3) is 0 Å². The van der Waals surface area contributed by atoms with Crippen LogP contribution >= 0.6 is 23.2 Å². The Balaban J connectivity index is 1.42. The molecule has 0 unspecified atom stereocenters. The Kier molecular flexibility index (Phi) is 6.77. The number of halogens is 2. The van der Waals surface area contributed by atoms with E-state index in [2.05, 4.69) is 47.5 Å². The van der Waals surface area contributed by atoms with Crippen LogP contribution in [0.2, 0.25) is 10.0 Å². The number of aryl methyl sites for hydroxylation is 1. The summed E-state index contributed by atoms with van der Waals surface area (Å²) < 4.78 is 0. The minimum atomic E-state index is 0.607. The Morgan fingerprint density at radius 3 is 2.20 bits per heavy atom. The Labute approximate surface area is 161 Å². The van der Waals surface area contributed by atoms with Crippen LogP contribution < -0.4 is 5.32 Å². The van der Waals surface area contributed by atoms with Gasteiger partial charge in [-0.3, -0.25) is 4.90 Å². The van der Waals surface area contributed by atoms with E-state index in [1.54, 1.807) is 0 Å². The molecular weight excluding hydrogens is 351 g/mol. The molecule has 1 fully saturated rings. The van der Waals surface area contributed by atoms with Gasteiger partial charge in [-0.05, 0) is 61.2 Å². The van der Waals surface area contributed by atoms with Crippen LogP contribution in [0.1, 0.15) is 36.5 Å². The van der Waals surface area contributed by atoms with Crippen molar-refractivity contribution in [2.45, 2.75) is 45.3 Å². The molecule has 1 aliphatic rings. The van der Waals surface area contributed by atoms with Crippen LogP contribution in [0.4, 0.5) is 0 Å². The van der Waals surface area contributed by atoms with E-state index in [1.807, 2.05) is 12.1 Å². The predicted molar refractivity (Wildman–Crippen MR) is 107 cm³/mol. The van der Waals surface area contributed by atoms with Crippen LogP contribution in [0.3, 0.4) is 0 Å². The van der Waals surface area contributed by atoms with Crippen molar-refractivity contribution in [3.63, 3.8) is 0 Å². The van der Waals surface area contributed by atoms with E-state index >= 15 is 0 Å². The first-order valence-corrected chi connectivity index (χ1v) is 9.87. The Hall–Kier alpha value is -1.06. The smallest absolute Gasteiger partial charge is 0.0595 e. The third-order valence-electron chi connectivity index (χ3n) is 5.00. The first kappa shape index (κ1) is 18.7. The molecule has 3 rings (SSSR count). The second kappa shape index (κ2) is 9.05. The molecule has 2 aromatic carbocycles. The molecule has 0 saturated carbocycles. The van der Waals surface area contributed by atoms with Gasteiger partial charge in [0.2, 0.25) is 0 Å². The minimum absolute atomic E-state index is 0.607. The number of nitrogens with one attached hydrogen (secondary N) is 1. The molecule has 0 spiro atoms. The lowest BCUT2D eigenvalue weighted by Gasteiger charge is -2.32. The highest BCUT2D eigenvalue weighted by atomic mass is 35.5. The summed E-state index contributed by atoms with van der Waals surface area (Å²) >= 11 is 12.1. The number of hydrogen-bond donors (Lipinski definition) is 1. The van der Waals surface area contributed by atoms with Gasteiger partial charge in [-0.25, -0.2) is 0 Å². The maximum absolute atomic E-state index is 6.11. The molecular formula is C21H26Cl2N2. The molecule has 1 saturated heterocycles. The molecule has 0 aromatic heterocycles. The molecule has 4 heteroatoms. The van der Waals surface area contributed by atoms with Gasteiger partial charge >= 0.3 is 0 Å². The van der Waals surface area contributed by atoms with Crippen molar-refractivity contribution in [2.75, 3.05) is 13.1 Å². The van der Waals surface area contributed by atoms with Gasteiger partial charge in [-0.1, -0.05) is 60.5 Å². The number of nitrogens with zero attached hydrogens (tertiary/aromatic N) is 1. The first-order chi connectivity index (χ1) is 12.1. The third kappa shape index (κ3) is 5.46. The average molecular weight is 377 g/mol. The summed E-state index contributed by atoms with van der Waals surface area (Å²) in [6.07, 6.45) is 3.48. The highest BCUT2D eigenvalue weighted by Gasteiger charge is 2.19. The van der Waals surface area contributed by atoms with Crippen molar-refractivity contribution in [3.8, 4) is 0 Å². The molecule has 134 valence electrons. The fraction of sp³-hybridized carbons (Fsp3) is 0.429. The fourth-order valence-electron chi connectivity index (χ4n) is 3.35. The van der Waals surface area contributed by atoms with Gasteiger partial charge in [-0.15, -0.1) is 0 Å². The molecule has 25 heavy (non-hydrogen) atoms. The van der Waals surface area contributed by atoms with Gasteiger partial charge in [0.05, 0.1) is 10.0 Å². The van der Waals surface area contributed by atoms with E-state index in [-0.39, 0.29) is 0 Å². The Morgan fingerprint density at radius 1 is 0.920 bits per heavy atom. The van der Waals surface area contributed by atoms with Crippen molar-refractivity contribution in [3.05, 3.63) is 69.2 Å². The van der Waals surface area contributed by atoms with Gasteiger partial charge in [0.1, 0.15) is 0 Å². The molecule has 0 bridgehead atoms. The molecule has 1 heterocycles. The van der Waals surface area contributed by atoms with Gasteiger partial charge in [-0.2, -0.15) is 0 Å². The van der Waals surface area contributed by atoms with E-state index in [0.717, 1.165) is 32.6 Å².